The second kappa shape index (κ2) is 7.60. The lowest BCUT2D eigenvalue weighted by molar-refractivity contribution is -0.384. The van der Waals surface area contributed by atoms with Gasteiger partial charge in [-0.2, -0.15) is 4.80 Å². The van der Waals surface area contributed by atoms with Crippen molar-refractivity contribution in [2.45, 2.75) is 13.5 Å². The fourth-order valence-electron chi connectivity index (χ4n) is 2.34. The van der Waals surface area contributed by atoms with Crippen LogP contribution in [0.1, 0.15) is 5.56 Å². The van der Waals surface area contributed by atoms with Crippen molar-refractivity contribution in [3.63, 3.8) is 0 Å². The fraction of sp³-hybridized carbons (Fsp3) is 0.176. The van der Waals surface area contributed by atoms with Crippen LogP contribution in [0.2, 0.25) is 0 Å². The first kappa shape index (κ1) is 18.0. The van der Waals surface area contributed by atoms with Gasteiger partial charge >= 0.3 is 0 Å². The van der Waals surface area contributed by atoms with E-state index in [1.165, 1.54) is 12.1 Å². The molecule has 1 aromatic heterocycles. The number of nitrogens with zero attached hydrogens (tertiary/aromatic N) is 5. The number of hydrogen-bond donors (Lipinski definition) is 1. The Kier molecular flexibility index (Phi) is 5.06. The average Bonchev–Trinajstić information content (AvgIpc) is 3.11. The van der Waals surface area contributed by atoms with E-state index in [1.54, 1.807) is 44.4 Å². The van der Waals surface area contributed by atoms with Gasteiger partial charge in [-0.3, -0.25) is 14.9 Å². The standard InChI is InChI=1S/C17H16N6O4/c1-11-3-6-13(23(25)26)9-15(11)18-16(24)10-22-20-17(19-21-22)12-4-7-14(27-2)8-5-12/h3-9H,10H2,1-2H3,(H,18,24). The van der Waals surface area contributed by atoms with Crippen LogP contribution in [-0.2, 0) is 11.3 Å². The van der Waals surface area contributed by atoms with Crippen molar-refractivity contribution < 1.29 is 14.5 Å². The number of aromatic nitrogens is 4. The number of tetrazole rings is 1. The molecule has 10 nitrogen and oxygen atoms in total. The first-order valence-electron chi connectivity index (χ1n) is 7.93. The second-order valence-electron chi connectivity index (χ2n) is 5.68. The molecular formula is C17H16N6O4. The summed E-state index contributed by atoms with van der Waals surface area (Å²) in [7, 11) is 1.57. The van der Waals surface area contributed by atoms with Gasteiger partial charge in [-0.1, -0.05) is 6.07 Å². The van der Waals surface area contributed by atoms with E-state index in [4.69, 9.17) is 4.74 Å². The number of hydrogen-bond acceptors (Lipinski definition) is 7. The third kappa shape index (κ3) is 4.24. The van der Waals surface area contributed by atoms with Gasteiger partial charge in [0.2, 0.25) is 11.7 Å². The third-order valence-electron chi connectivity index (χ3n) is 3.79. The number of benzene rings is 2. The van der Waals surface area contributed by atoms with Gasteiger partial charge in [0.25, 0.3) is 5.69 Å². The maximum atomic E-state index is 12.2. The van der Waals surface area contributed by atoms with Gasteiger partial charge in [-0.15, -0.1) is 10.2 Å². The number of ether oxygens (including phenoxy) is 1. The minimum absolute atomic E-state index is 0.100. The zero-order chi connectivity index (χ0) is 19.4. The minimum Gasteiger partial charge on any atom is -0.497 e. The smallest absolute Gasteiger partial charge is 0.271 e. The number of rotatable bonds is 6. The molecule has 0 bridgehead atoms. The summed E-state index contributed by atoms with van der Waals surface area (Å²) in [5, 5.41) is 25.5. The molecule has 1 heterocycles. The predicted molar refractivity (Wildman–Crippen MR) is 96.3 cm³/mol. The lowest BCUT2D eigenvalue weighted by Gasteiger charge is -2.07. The third-order valence-corrected chi connectivity index (χ3v) is 3.79. The minimum atomic E-state index is -0.519. The monoisotopic (exact) mass is 368 g/mol. The predicted octanol–water partition coefficient (Wildman–Crippen LogP) is 2.20. The van der Waals surface area contributed by atoms with Crippen molar-refractivity contribution in [3.05, 3.63) is 58.1 Å². The molecule has 0 saturated heterocycles. The van der Waals surface area contributed by atoms with Gasteiger partial charge in [-0.25, -0.2) is 0 Å². The van der Waals surface area contributed by atoms with E-state index in [2.05, 4.69) is 20.7 Å². The van der Waals surface area contributed by atoms with Crippen molar-refractivity contribution >= 4 is 17.3 Å². The molecule has 3 aromatic rings. The van der Waals surface area contributed by atoms with Gasteiger partial charge in [0.1, 0.15) is 12.3 Å². The van der Waals surface area contributed by atoms with E-state index in [0.29, 0.717) is 22.8 Å². The Morgan fingerprint density at radius 3 is 2.67 bits per heavy atom. The fourth-order valence-corrected chi connectivity index (χ4v) is 2.34. The summed E-state index contributed by atoms with van der Waals surface area (Å²) in [4.78, 5) is 23.7. The van der Waals surface area contributed by atoms with E-state index in [9.17, 15) is 14.9 Å². The number of nitrogens with one attached hydrogen (secondary N) is 1. The highest BCUT2D eigenvalue weighted by molar-refractivity contribution is 5.91. The van der Waals surface area contributed by atoms with Gasteiger partial charge in [-0.05, 0) is 42.0 Å². The Morgan fingerprint density at radius 2 is 2.00 bits per heavy atom. The van der Waals surface area contributed by atoms with Crippen LogP contribution >= 0.6 is 0 Å². The quantitative estimate of drug-likeness (QED) is 0.522. The summed E-state index contributed by atoms with van der Waals surface area (Å²) in [6.07, 6.45) is 0. The number of nitro groups is 1. The topological polar surface area (TPSA) is 125 Å². The lowest BCUT2D eigenvalue weighted by atomic mass is 10.2. The highest BCUT2D eigenvalue weighted by Gasteiger charge is 2.13. The summed E-state index contributed by atoms with van der Waals surface area (Å²) < 4.78 is 5.10. The molecule has 2 aromatic carbocycles. The van der Waals surface area contributed by atoms with Gasteiger partial charge in [0, 0.05) is 17.7 Å². The summed E-state index contributed by atoms with van der Waals surface area (Å²) in [6.45, 7) is 1.57. The van der Waals surface area contributed by atoms with E-state index in [1.807, 2.05) is 0 Å². The number of amides is 1. The molecular weight excluding hydrogens is 352 g/mol. The maximum absolute atomic E-state index is 12.2. The Balaban J connectivity index is 1.69. The molecule has 0 radical (unpaired) electrons. The van der Waals surface area contributed by atoms with Gasteiger partial charge < -0.3 is 10.1 Å². The molecule has 0 aliphatic heterocycles. The number of non-ortho nitro benzene ring substituents is 1. The molecule has 0 aliphatic carbocycles. The van der Waals surface area contributed by atoms with Crippen molar-refractivity contribution in [2.24, 2.45) is 0 Å². The van der Waals surface area contributed by atoms with Gasteiger partial charge in [0.05, 0.1) is 17.7 Å². The van der Waals surface area contributed by atoms with Crippen molar-refractivity contribution in [3.8, 4) is 17.1 Å². The number of aryl methyl sites for hydroxylation is 1. The molecule has 27 heavy (non-hydrogen) atoms. The largest absolute Gasteiger partial charge is 0.497 e. The highest BCUT2D eigenvalue weighted by atomic mass is 16.6. The Morgan fingerprint density at radius 1 is 1.26 bits per heavy atom. The van der Waals surface area contributed by atoms with E-state index >= 15 is 0 Å². The average molecular weight is 368 g/mol. The van der Waals surface area contributed by atoms with E-state index < -0.39 is 10.8 Å². The molecule has 0 atom stereocenters. The first-order valence-corrected chi connectivity index (χ1v) is 7.93. The SMILES string of the molecule is COc1ccc(-c2nnn(CC(=O)Nc3cc([N+](=O)[O-])ccc3C)n2)cc1. The summed E-state index contributed by atoms with van der Waals surface area (Å²) in [6, 6.07) is 11.4. The second-order valence-corrected chi connectivity index (χ2v) is 5.68. The normalized spacial score (nSPS) is 10.4. The summed E-state index contributed by atoms with van der Waals surface area (Å²) >= 11 is 0. The maximum Gasteiger partial charge on any atom is 0.271 e. The van der Waals surface area contributed by atoms with Crippen LogP contribution in [0.3, 0.4) is 0 Å². The molecule has 0 fully saturated rings. The number of carbonyl (C=O) groups is 1. The Labute approximate surface area is 153 Å². The summed E-state index contributed by atoms with van der Waals surface area (Å²) in [5.41, 5.74) is 1.71. The van der Waals surface area contributed by atoms with Crippen LogP contribution in [0.4, 0.5) is 11.4 Å². The van der Waals surface area contributed by atoms with Crippen molar-refractivity contribution in [2.75, 3.05) is 12.4 Å². The van der Waals surface area contributed by atoms with Crippen LogP contribution in [0, 0.1) is 17.0 Å². The van der Waals surface area contributed by atoms with Crippen LogP contribution in [0.25, 0.3) is 11.4 Å². The number of methoxy groups -OCH3 is 1. The Bertz CT molecular complexity index is 983. The molecule has 3 rings (SSSR count). The van der Waals surface area contributed by atoms with Crippen LogP contribution in [0.15, 0.2) is 42.5 Å². The molecule has 10 heteroatoms. The molecule has 0 spiro atoms. The first-order chi connectivity index (χ1) is 13.0. The molecule has 0 unspecified atom stereocenters. The lowest BCUT2D eigenvalue weighted by Crippen LogP contribution is -2.21. The number of carbonyl (C=O) groups excluding carboxylic acids is 1. The van der Waals surface area contributed by atoms with Crippen LogP contribution in [-0.4, -0.2) is 38.1 Å². The molecule has 138 valence electrons. The molecule has 0 aliphatic rings. The van der Waals surface area contributed by atoms with Crippen LogP contribution in [0.5, 0.6) is 5.75 Å². The van der Waals surface area contributed by atoms with E-state index in [-0.39, 0.29) is 12.2 Å². The van der Waals surface area contributed by atoms with Crippen LogP contribution < -0.4 is 10.1 Å². The zero-order valence-electron chi connectivity index (χ0n) is 14.6. The number of nitro benzene ring substituents is 1. The highest BCUT2D eigenvalue weighted by Crippen LogP contribution is 2.22. The van der Waals surface area contributed by atoms with Gasteiger partial charge in [0.15, 0.2) is 0 Å². The molecule has 1 N–H and O–H groups in total. The molecule has 1 amide bonds. The zero-order valence-corrected chi connectivity index (χ0v) is 14.6. The van der Waals surface area contributed by atoms with Crippen molar-refractivity contribution in [1.82, 2.24) is 20.2 Å². The van der Waals surface area contributed by atoms with E-state index in [0.717, 1.165) is 10.4 Å². The molecule has 0 saturated carbocycles. The Hall–Kier alpha value is -3.82. The van der Waals surface area contributed by atoms with Crippen molar-refractivity contribution in [1.29, 1.82) is 0 Å². The number of anilines is 1. The summed E-state index contributed by atoms with van der Waals surface area (Å²) in [5.74, 6) is 0.659.